The van der Waals surface area contributed by atoms with E-state index in [0.717, 1.165) is 16.3 Å². The lowest BCUT2D eigenvalue weighted by Gasteiger charge is -2.32. The average molecular weight is 382 g/mol. The van der Waals surface area contributed by atoms with Crippen LogP contribution >= 0.6 is 11.3 Å². The Hall–Kier alpha value is -2.64. The molecule has 2 unspecified atom stereocenters. The van der Waals surface area contributed by atoms with Crippen molar-refractivity contribution in [2.75, 3.05) is 5.32 Å². The smallest absolute Gasteiger partial charge is 0.311 e. The van der Waals surface area contributed by atoms with E-state index in [1.54, 1.807) is 6.08 Å². The fraction of sp³-hybridized carbons (Fsp3) is 0.538. The molecule has 0 aromatic carbocycles. The Morgan fingerprint density at radius 3 is 2.96 bits per heavy atom. The fourth-order valence-electron chi connectivity index (χ4n) is 3.07. The third-order valence-electron chi connectivity index (χ3n) is 4.30. The number of anilines is 1. The summed E-state index contributed by atoms with van der Waals surface area (Å²) >= 11 is 0.748. The van der Waals surface area contributed by atoms with Crippen LogP contribution in [0.15, 0.2) is 27.8 Å². The summed E-state index contributed by atoms with van der Waals surface area (Å²) in [6.45, 7) is 3.60. The first-order valence-corrected chi connectivity index (χ1v) is 8.64. The molecule has 1 aromatic rings. The number of thiazole rings is 1. The zero-order valence-corrected chi connectivity index (χ0v) is 14.4. The normalized spacial score (nSPS) is 26.0. The molecule has 5 N–H and O–H groups in total. The minimum Gasteiger partial charge on any atom is -0.352 e. The fourth-order valence-corrected chi connectivity index (χ4v) is 4.00. The van der Waals surface area contributed by atoms with Gasteiger partial charge < -0.3 is 10.1 Å². The van der Waals surface area contributed by atoms with Gasteiger partial charge in [-0.05, 0) is 19.3 Å². The number of carbonyl (C=O) groups is 1. The molecular formula is C13H18N8O4S. The van der Waals surface area contributed by atoms with Crippen molar-refractivity contribution in [1.29, 1.82) is 5.53 Å². The van der Waals surface area contributed by atoms with E-state index < -0.39 is 35.4 Å². The Morgan fingerprint density at radius 2 is 2.31 bits per heavy atom. The van der Waals surface area contributed by atoms with E-state index in [1.807, 2.05) is 0 Å². The second-order valence-corrected chi connectivity index (χ2v) is 6.78. The van der Waals surface area contributed by atoms with Crippen LogP contribution in [0.3, 0.4) is 0 Å². The predicted molar refractivity (Wildman–Crippen MR) is 92.2 cm³/mol. The van der Waals surface area contributed by atoms with E-state index in [1.165, 1.54) is 4.57 Å². The van der Waals surface area contributed by atoms with Crippen molar-refractivity contribution in [3.05, 3.63) is 32.1 Å². The van der Waals surface area contributed by atoms with Gasteiger partial charge in [0, 0.05) is 0 Å². The van der Waals surface area contributed by atoms with Gasteiger partial charge in [0.05, 0.1) is 6.10 Å². The van der Waals surface area contributed by atoms with E-state index >= 15 is 0 Å². The van der Waals surface area contributed by atoms with Crippen LogP contribution in [0.2, 0.25) is 0 Å². The second kappa shape index (κ2) is 7.31. The minimum absolute atomic E-state index is 0.142. The van der Waals surface area contributed by atoms with Gasteiger partial charge in [-0.15, -0.1) is 6.58 Å². The van der Waals surface area contributed by atoms with Gasteiger partial charge in [-0.2, -0.15) is 10.4 Å². The van der Waals surface area contributed by atoms with E-state index in [2.05, 4.69) is 27.7 Å². The van der Waals surface area contributed by atoms with Gasteiger partial charge in [0.15, 0.2) is 0 Å². The lowest BCUT2D eigenvalue weighted by molar-refractivity contribution is -0.00890. The number of nitrogens with two attached hydrogens (primary N) is 1. The molecule has 1 saturated heterocycles. The quantitative estimate of drug-likeness (QED) is 0.135. The Balaban J connectivity index is 1.89. The summed E-state index contributed by atoms with van der Waals surface area (Å²) in [7, 11) is 0. The number of aromatic nitrogens is 1. The van der Waals surface area contributed by atoms with Crippen molar-refractivity contribution < 1.29 is 9.53 Å². The molecule has 3 rings (SSSR count). The monoisotopic (exact) mass is 382 g/mol. The molecule has 0 bridgehead atoms. The van der Waals surface area contributed by atoms with Crippen molar-refractivity contribution in [1.82, 2.24) is 15.0 Å². The Bertz CT molecular complexity index is 792. The van der Waals surface area contributed by atoms with E-state index in [9.17, 15) is 14.5 Å². The summed E-state index contributed by atoms with van der Waals surface area (Å²) in [5.74, 6) is 5.35. The number of nitrogens with zero attached hydrogens (tertiary/aromatic N) is 4. The molecule has 1 aromatic heterocycles. The van der Waals surface area contributed by atoms with Crippen LogP contribution in [0.1, 0.15) is 35.2 Å². The predicted octanol–water partition coefficient (Wildman–Crippen LogP) is 0.859. The molecule has 140 valence electrons. The van der Waals surface area contributed by atoms with Gasteiger partial charge in [-0.1, -0.05) is 27.8 Å². The first-order chi connectivity index (χ1) is 12.5. The first kappa shape index (κ1) is 18.2. The van der Waals surface area contributed by atoms with Gasteiger partial charge in [0.1, 0.15) is 23.0 Å². The van der Waals surface area contributed by atoms with Crippen molar-refractivity contribution in [3.63, 3.8) is 0 Å². The van der Waals surface area contributed by atoms with Crippen LogP contribution in [0.25, 0.3) is 0 Å². The summed E-state index contributed by atoms with van der Waals surface area (Å²) in [5, 5.41) is 9.78. The maximum Gasteiger partial charge on any atom is 0.311 e. The average Bonchev–Trinajstić information content (AvgIpc) is 3.21. The zero-order valence-electron chi connectivity index (χ0n) is 13.6. The molecule has 13 heteroatoms. The highest BCUT2D eigenvalue weighted by Crippen LogP contribution is 2.36. The number of amides is 1. The summed E-state index contributed by atoms with van der Waals surface area (Å²) in [6, 6.07) is -0.576. The number of nitrogens with one attached hydrogen (secondary N) is 3. The van der Waals surface area contributed by atoms with Crippen molar-refractivity contribution in [2.45, 2.75) is 43.9 Å². The lowest BCUT2D eigenvalue weighted by atomic mass is 10.1. The van der Waals surface area contributed by atoms with Crippen molar-refractivity contribution in [2.24, 2.45) is 16.2 Å². The molecule has 1 amide bonds. The molecule has 3 heterocycles. The number of hydrogen-bond acceptors (Lipinski definition) is 10. The second-order valence-electron chi connectivity index (χ2n) is 5.82. The van der Waals surface area contributed by atoms with Gasteiger partial charge in [-0.25, -0.2) is 16.3 Å². The van der Waals surface area contributed by atoms with Gasteiger partial charge >= 0.3 is 4.87 Å². The summed E-state index contributed by atoms with van der Waals surface area (Å²) in [6.07, 6.45) is 0.966. The number of hydrazine groups is 1. The number of ether oxygens (including phenoxy) is 1. The molecule has 2 aliphatic rings. The first-order valence-electron chi connectivity index (χ1n) is 7.82. The number of hydrogen-bond donors (Lipinski definition) is 4. The number of carbonyl (C=O) groups excluding carboxylic acids is 1. The zero-order chi connectivity index (χ0) is 18.8. The molecule has 2 aliphatic heterocycles. The standard InChI is InChI=1S/C13H18N8O4S/c1-2-3-6(18-24)7-4-5-8(25-7)20-10-9(26-13(20)23)11(22)21(15)12(16-10)17-19-14/h2,6-8,12,16H,1,3-5,15H2,(H2,14,17)/t6?,7-,8+,12?/m0/s1. The lowest BCUT2D eigenvalue weighted by Crippen LogP contribution is -2.58. The largest absolute Gasteiger partial charge is 0.352 e. The Labute approximate surface area is 151 Å². The summed E-state index contributed by atoms with van der Waals surface area (Å²) < 4.78 is 7.20. The van der Waals surface area contributed by atoms with Gasteiger partial charge in [-0.3, -0.25) is 14.2 Å². The van der Waals surface area contributed by atoms with E-state index in [-0.39, 0.29) is 10.7 Å². The Morgan fingerprint density at radius 1 is 1.54 bits per heavy atom. The van der Waals surface area contributed by atoms with Crippen LogP contribution in [0, 0.1) is 10.4 Å². The minimum atomic E-state index is -0.977. The summed E-state index contributed by atoms with van der Waals surface area (Å²) in [4.78, 5) is 35.6. The highest BCUT2D eigenvalue weighted by molar-refractivity contribution is 7.12. The third kappa shape index (κ3) is 3.00. The maximum atomic E-state index is 12.4. The van der Waals surface area contributed by atoms with Gasteiger partial charge in [0.2, 0.25) is 6.29 Å². The molecule has 0 spiro atoms. The molecular weight excluding hydrogens is 364 g/mol. The number of nitroso groups, excluding NO2 is 1. The number of rotatable bonds is 7. The van der Waals surface area contributed by atoms with E-state index in [4.69, 9.17) is 16.1 Å². The van der Waals surface area contributed by atoms with Crippen molar-refractivity contribution >= 4 is 23.1 Å². The topological polar surface area (TPSA) is 167 Å². The highest BCUT2D eigenvalue weighted by atomic mass is 32.1. The van der Waals surface area contributed by atoms with Crippen LogP contribution in [-0.4, -0.2) is 33.9 Å². The maximum absolute atomic E-state index is 12.4. The number of fused-ring (bicyclic) bond motifs is 1. The van der Waals surface area contributed by atoms with Crippen LogP contribution in [0.4, 0.5) is 5.82 Å². The SMILES string of the molecule is C=CCC(N=O)[C@@H]1CC[C@H](n2c3c(sc2=O)C(=O)N(N)C(NN=N)N3)O1. The molecule has 0 radical (unpaired) electrons. The molecule has 26 heavy (non-hydrogen) atoms. The van der Waals surface area contributed by atoms with Crippen LogP contribution in [0.5, 0.6) is 0 Å². The Kier molecular flexibility index (Phi) is 5.11. The molecule has 4 atom stereocenters. The molecule has 0 saturated carbocycles. The van der Waals surface area contributed by atoms with Crippen LogP contribution in [-0.2, 0) is 4.74 Å². The molecule has 1 fully saturated rings. The highest BCUT2D eigenvalue weighted by Gasteiger charge is 2.40. The molecule has 0 aliphatic carbocycles. The van der Waals surface area contributed by atoms with Crippen molar-refractivity contribution in [3.8, 4) is 0 Å². The molecule has 12 nitrogen and oxygen atoms in total. The summed E-state index contributed by atoms with van der Waals surface area (Å²) in [5.41, 5.74) is 9.21. The van der Waals surface area contributed by atoms with E-state index in [0.29, 0.717) is 19.3 Å². The third-order valence-corrected chi connectivity index (χ3v) is 5.24. The van der Waals surface area contributed by atoms with Crippen LogP contribution < -0.4 is 21.5 Å². The van der Waals surface area contributed by atoms with Gasteiger partial charge in [0.25, 0.3) is 5.91 Å².